The summed E-state index contributed by atoms with van der Waals surface area (Å²) in [7, 11) is 0. The summed E-state index contributed by atoms with van der Waals surface area (Å²) in [6, 6.07) is 5.67. The van der Waals surface area contributed by atoms with Gasteiger partial charge in [0.2, 0.25) is 0 Å². The van der Waals surface area contributed by atoms with Gasteiger partial charge in [-0.3, -0.25) is 4.79 Å². The summed E-state index contributed by atoms with van der Waals surface area (Å²) in [5, 5.41) is 31.1. The number of hydrogen-bond acceptors (Lipinski definition) is 5. The smallest absolute Gasteiger partial charge is 0.306 e. The van der Waals surface area contributed by atoms with Crippen LogP contribution in [0.4, 0.5) is 4.39 Å². The topological polar surface area (TPSA) is 87.0 Å². The van der Waals surface area contributed by atoms with E-state index in [0.717, 1.165) is 44.9 Å². The molecule has 1 aromatic rings. The summed E-state index contributed by atoms with van der Waals surface area (Å²) in [5.74, 6) is -0.383. The number of aliphatic hydroxyl groups excluding tert-OH is 2. The highest BCUT2D eigenvalue weighted by molar-refractivity contribution is 8.00. The second-order valence-corrected chi connectivity index (χ2v) is 10.6. The molecule has 0 spiro atoms. The highest BCUT2D eigenvalue weighted by Gasteiger charge is 2.44. The average molecular weight is 467 g/mol. The Balaban J connectivity index is 1.46. The number of carboxylic acids is 1. The van der Waals surface area contributed by atoms with E-state index in [2.05, 4.69) is 0 Å². The third-order valence-electron chi connectivity index (χ3n) is 6.69. The van der Waals surface area contributed by atoms with Gasteiger partial charge in [0.25, 0.3) is 0 Å². The van der Waals surface area contributed by atoms with Crippen LogP contribution in [0.2, 0.25) is 0 Å². The number of aliphatic hydroxyl groups is 2. The van der Waals surface area contributed by atoms with Crippen molar-refractivity contribution < 1.29 is 29.2 Å². The third kappa shape index (κ3) is 6.96. The van der Waals surface area contributed by atoms with Crippen molar-refractivity contribution in [1.82, 2.24) is 0 Å². The Kier molecular flexibility index (Phi) is 9.44. The minimum Gasteiger partial charge on any atom is -0.491 e. The molecule has 178 valence electrons. The fourth-order valence-corrected chi connectivity index (χ4v) is 6.83. The minimum atomic E-state index is -0.804. The number of aliphatic carboxylic acids is 1. The molecule has 1 saturated carbocycles. The van der Waals surface area contributed by atoms with Crippen LogP contribution in [0.1, 0.15) is 51.9 Å². The predicted octanol–water partition coefficient (Wildman–Crippen LogP) is 4.66. The zero-order valence-corrected chi connectivity index (χ0v) is 19.4. The highest BCUT2D eigenvalue weighted by Crippen LogP contribution is 2.50. The van der Waals surface area contributed by atoms with Gasteiger partial charge < -0.3 is 20.1 Å². The molecular formula is C25H35FO5S. The van der Waals surface area contributed by atoms with Gasteiger partial charge in [-0.25, -0.2) is 4.39 Å². The van der Waals surface area contributed by atoms with Crippen LogP contribution in [0.3, 0.4) is 0 Å². The lowest BCUT2D eigenvalue weighted by molar-refractivity contribution is -0.142. The summed E-state index contributed by atoms with van der Waals surface area (Å²) in [5.41, 5.74) is 0. The first-order valence-corrected chi connectivity index (χ1v) is 12.6. The van der Waals surface area contributed by atoms with Crippen LogP contribution in [0.25, 0.3) is 0 Å². The summed E-state index contributed by atoms with van der Waals surface area (Å²) in [6.45, 7) is 2.09. The molecule has 0 radical (unpaired) electrons. The molecule has 0 bridgehead atoms. The Morgan fingerprint density at radius 3 is 2.72 bits per heavy atom. The zero-order chi connectivity index (χ0) is 23.1. The standard InChI is InChI=1S/C25H35FO5S/c1-2-3-16(25(29)30)4-10-20-11-13-22-21(23(28)14-24(22)32-20)12-7-18(27)15-31-19-8-5-17(26)6-9-19/h5-9,12,16,18,20-24,27-28H,2-4,10-11,13-15H2,1H3,(H,29,30)/t16?,18-,20+,21-,22-,23-,24+/m1/s1. The maximum Gasteiger partial charge on any atom is 0.306 e. The maximum atomic E-state index is 13.0. The molecule has 1 aromatic carbocycles. The highest BCUT2D eigenvalue weighted by atomic mass is 32.2. The van der Waals surface area contributed by atoms with E-state index in [0.29, 0.717) is 22.2 Å². The molecule has 3 rings (SSSR count). The molecule has 3 N–H and O–H groups in total. The summed E-state index contributed by atoms with van der Waals surface area (Å²) < 4.78 is 18.4. The van der Waals surface area contributed by atoms with E-state index >= 15 is 0 Å². The fourth-order valence-electron chi connectivity index (χ4n) is 4.97. The number of thioether (sulfide) groups is 1. The number of carbonyl (C=O) groups is 1. The van der Waals surface area contributed by atoms with Crippen LogP contribution in [0, 0.1) is 23.6 Å². The summed E-state index contributed by atoms with van der Waals surface area (Å²) in [4.78, 5) is 11.4. The number of hydrogen-bond donors (Lipinski definition) is 3. The molecule has 1 aliphatic carbocycles. The third-order valence-corrected chi connectivity index (χ3v) is 8.44. The molecule has 1 unspecified atom stereocenters. The molecule has 1 heterocycles. The van der Waals surface area contributed by atoms with E-state index in [9.17, 15) is 24.5 Å². The van der Waals surface area contributed by atoms with Crippen LogP contribution in [0.5, 0.6) is 5.75 Å². The van der Waals surface area contributed by atoms with Gasteiger partial charge in [0.1, 0.15) is 24.3 Å². The number of rotatable bonds is 11. The fraction of sp³-hybridized carbons (Fsp3) is 0.640. The van der Waals surface area contributed by atoms with Gasteiger partial charge in [-0.2, -0.15) is 11.8 Å². The molecule has 7 atom stereocenters. The molecule has 32 heavy (non-hydrogen) atoms. The molecule has 5 nitrogen and oxygen atoms in total. The molecule has 2 aliphatic rings. The van der Waals surface area contributed by atoms with E-state index in [4.69, 9.17) is 4.74 Å². The van der Waals surface area contributed by atoms with Crippen molar-refractivity contribution in [3.05, 3.63) is 42.2 Å². The van der Waals surface area contributed by atoms with Crippen LogP contribution in [0.15, 0.2) is 36.4 Å². The first-order valence-electron chi connectivity index (χ1n) is 11.7. The van der Waals surface area contributed by atoms with Crippen molar-refractivity contribution in [1.29, 1.82) is 0 Å². The lowest BCUT2D eigenvalue weighted by Gasteiger charge is -2.33. The number of benzene rings is 1. The lowest BCUT2D eigenvalue weighted by atomic mass is 9.87. The number of fused-ring (bicyclic) bond motifs is 1. The minimum absolute atomic E-state index is 0.0146. The number of halogens is 1. The second kappa shape index (κ2) is 12.1. The summed E-state index contributed by atoms with van der Waals surface area (Å²) >= 11 is 1.92. The Morgan fingerprint density at radius 2 is 2.03 bits per heavy atom. The molecule has 0 aromatic heterocycles. The van der Waals surface area contributed by atoms with E-state index in [-0.39, 0.29) is 24.3 Å². The molecule has 2 fully saturated rings. The lowest BCUT2D eigenvalue weighted by Crippen LogP contribution is -2.27. The van der Waals surface area contributed by atoms with Gasteiger partial charge >= 0.3 is 5.97 Å². The second-order valence-electron chi connectivity index (χ2n) is 9.04. The first kappa shape index (κ1) is 25.1. The van der Waals surface area contributed by atoms with Crippen molar-refractivity contribution >= 4 is 17.7 Å². The number of ether oxygens (including phenoxy) is 1. The first-order chi connectivity index (χ1) is 15.4. The number of carboxylic acid groups (broad SMARTS) is 1. The van der Waals surface area contributed by atoms with Gasteiger partial charge in [0, 0.05) is 16.4 Å². The SMILES string of the molecule is CCCC(CC[C@H]1CC[C@@H]2[C@@H](C=C[C@@H](O)COc3ccc(F)cc3)[C@H](O)C[C@@H]2S1)C(=O)O. The quantitative estimate of drug-likeness (QED) is 0.411. The molecule has 0 amide bonds. The van der Waals surface area contributed by atoms with Crippen molar-refractivity contribution in [3.8, 4) is 5.75 Å². The molecule has 1 saturated heterocycles. The summed E-state index contributed by atoms with van der Waals surface area (Å²) in [6.07, 6.45) is 8.45. The Morgan fingerprint density at radius 1 is 1.28 bits per heavy atom. The monoisotopic (exact) mass is 466 g/mol. The van der Waals surface area contributed by atoms with Gasteiger partial charge in [0.05, 0.1) is 12.0 Å². The van der Waals surface area contributed by atoms with E-state index in [1.54, 1.807) is 6.08 Å². The van der Waals surface area contributed by atoms with Gasteiger partial charge in [0.15, 0.2) is 0 Å². The normalized spacial score (nSPS) is 29.6. The van der Waals surface area contributed by atoms with Crippen molar-refractivity contribution in [2.24, 2.45) is 17.8 Å². The molecule has 1 aliphatic heterocycles. The Labute approximate surface area is 194 Å². The maximum absolute atomic E-state index is 13.0. The van der Waals surface area contributed by atoms with Crippen molar-refractivity contribution in [2.75, 3.05) is 6.61 Å². The van der Waals surface area contributed by atoms with Crippen LogP contribution >= 0.6 is 11.8 Å². The van der Waals surface area contributed by atoms with Gasteiger partial charge in [-0.15, -0.1) is 0 Å². The molecular weight excluding hydrogens is 431 g/mol. The van der Waals surface area contributed by atoms with Crippen LogP contribution in [-0.4, -0.2) is 50.6 Å². The van der Waals surface area contributed by atoms with Gasteiger partial charge in [-0.1, -0.05) is 25.5 Å². The van der Waals surface area contributed by atoms with Gasteiger partial charge in [-0.05, 0) is 68.7 Å². The van der Waals surface area contributed by atoms with E-state index in [1.807, 2.05) is 24.8 Å². The van der Waals surface area contributed by atoms with E-state index in [1.165, 1.54) is 24.3 Å². The van der Waals surface area contributed by atoms with Crippen LogP contribution in [-0.2, 0) is 4.79 Å². The van der Waals surface area contributed by atoms with Crippen LogP contribution < -0.4 is 4.74 Å². The predicted molar refractivity (Wildman–Crippen MR) is 124 cm³/mol. The Bertz CT molecular complexity index is 755. The van der Waals surface area contributed by atoms with Crippen molar-refractivity contribution in [2.45, 2.75) is 74.6 Å². The largest absolute Gasteiger partial charge is 0.491 e. The van der Waals surface area contributed by atoms with Crippen molar-refractivity contribution in [3.63, 3.8) is 0 Å². The molecule has 7 heteroatoms. The van der Waals surface area contributed by atoms with E-state index < -0.39 is 18.2 Å². The average Bonchev–Trinajstić information content (AvgIpc) is 3.08. The Hall–Kier alpha value is -1.57. The zero-order valence-electron chi connectivity index (χ0n) is 18.6.